The van der Waals surface area contributed by atoms with Crippen LogP contribution >= 0.6 is 0 Å². The summed E-state index contributed by atoms with van der Waals surface area (Å²) in [5, 5.41) is 3.78. The smallest absolute Gasteiger partial charge is 0.322 e. The van der Waals surface area contributed by atoms with Crippen molar-refractivity contribution >= 4 is 22.6 Å². The molecule has 0 fully saturated rings. The van der Waals surface area contributed by atoms with Crippen LogP contribution in [0.25, 0.3) is 10.9 Å². The summed E-state index contributed by atoms with van der Waals surface area (Å²) in [6, 6.07) is 12.3. The van der Waals surface area contributed by atoms with Gasteiger partial charge in [0.15, 0.2) is 0 Å². The van der Waals surface area contributed by atoms with Crippen molar-refractivity contribution in [2.24, 2.45) is 0 Å². The average Bonchev–Trinajstić information content (AvgIpc) is 2.94. The van der Waals surface area contributed by atoms with Crippen molar-refractivity contribution in [1.29, 1.82) is 0 Å². The van der Waals surface area contributed by atoms with Gasteiger partial charge in [-0.15, -0.1) is 0 Å². The quantitative estimate of drug-likeness (QED) is 0.692. The van der Waals surface area contributed by atoms with Crippen molar-refractivity contribution in [3.8, 4) is 0 Å². The highest BCUT2D eigenvalue weighted by atomic mass is 19.1. The van der Waals surface area contributed by atoms with E-state index in [0.29, 0.717) is 13.1 Å². The maximum atomic E-state index is 13.6. The summed E-state index contributed by atoms with van der Waals surface area (Å²) >= 11 is 0. The van der Waals surface area contributed by atoms with Gasteiger partial charge in [-0.1, -0.05) is 17.7 Å². The lowest BCUT2D eigenvalue weighted by atomic mass is 10.0. The van der Waals surface area contributed by atoms with Crippen molar-refractivity contribution in [2.45, 2.75) is 19.9 Å². The molecular formula is C19H18FN3O. The van der Waals surface area contributed by atoms with Crippen LogP contribution in [0.15, 0.2) is 42.5 Å². The summed E-state index contributed by atoms with van der Waals surface area (Å²) in [4.78, 5) is 17.6. The second-order valence-corrected chi connectivity index (χ2v) is 6.24. The summed E-state index contributed by atoms with van der Waals surface area (Å²) in [6.07, 6.45) is 0.743. The molecule has 0 saturated carbocycles. The van der Waals surface area contributed by atoms with E-state index in [-0.39, 0.29) is 11.8 Å². The van der Waals surface area contributed by atoms with E-state index in [1.165, 1.54) is 12.1 Å². The number of urea groups is 1. The summed E-state index contributed by atoms with van der Waals surface area (Å²) in [5.74, 6) is -0.259. The summed E-state index contributed by atoms with van der Waals surface area (Å²) in [5.41, 5.74) is 4.95. The van der Waals surface area contributed by atoms with Gasteiger partial charge in [-0.05, 0) is 37.3 Å². The number of fused-ring (bicyclic) bond motifs is 3. The standard InChI is InChI=1S/C19H18FN3O/c1-12-2-5-14(6-3-12)21-19(24)23-9-8-18-16(11-23)15-10-13(20)4-7-17(15)22-18/h2-7,10,22H,8-9,11H2,1H3,(H,21,24). The molecule has 0 saturated heterocycles. The molecule has 5 heteroatoms. The molecule has 0 spiro atoms. The topological polar surface area (TPSA) is 48.1 Å². The summed E-state index contributed by atoms with van der Waals surface area (Å²) < 4.78 is 13.6. The van der Waals surface area contributed by atoms with Crippen LogP contribution in [0, 0.1) is 12.7 Å². The molecule has 3 aromatic rings. The lowest BCUT2D eigenvalue weighted by Gasteiger charge is -2.27. The molecule has 122 valence electrons. The maximum absolute atomic E-state index is 13.6. The Morgan fingerprint density at radius 3 is 2.79 bits per heavy atom. The van der Waals surface area contributed by atoms with Crippen LogP contribution in [0.3, 0.4) is 0 Å². The van der Waals surface area contributed by atoms with Crippen molar-refractivity contribution in [2.75, 3.05) is 11.9 Å². The average molecular weight is 323 g/mol. The van der Waals surface area contributed by atoms with Gasteiger partial charge in [0.1, 0.15) is 5.82 Å². The van der Waals surface area contributed by atoms with Gasteiger partial charge in [0.2, 0.25) is 0 Å². The van der Waals surface area contributed by atoms with Gasteiger partial charge in [-0.25, -0.2) is 9.18 Å². The molecule has 24 heavy (non-hydrogen) atoms. The number of H-pyrrole nitrogens is 1. The molecule has 2 aromatic carbocycles. The number of rotatable bonds is 1. The Hall–Kier alpha value is -2.82. The minimum Gasteiger partial charge on any atom is -0.358 e. The Labute approximate surface area is 139 Å². The third-order valence-corrected chi connectivity index (χ3v) is 4.53. The number of aryl methyl sites for hydroxylation is 1. The van der Waals surface area contributed by atoms with E-state index in [2.05, 4.69) is 10.3 Å². The van der Waals surface area contributed by atoms with E-state index in [1.54, 1.807) is 11.0 Å². The largest absolute Gasteiger partial charge is 0.358 e. The predicted octanol–water partition coefficient (Wildman–Crippen LogP) is 4.21. The predicted molar refractivity (Wildman–Crippen MR) is 92.6 cm³/mol. The molecule has 0 radical (unpaired) electrons. The fourth-order valence-electron chi connectivity index (χ4n) is 3.20. The molecule has 0 unspecified atom stereocenters. The van der Waals surface area contributed by atoms with Gasteiger partial charge in [0.25, 0.3) is 0 Å². The van der Waals surface area contributed by atoms with E-state index < -0.39 is 0 Å². The number of carbonyl (C=O) groups is 1. The first-order valence-corrected chi connectivity index (χ1v) is 8.02. The van der Waals surface area contributed by atoms with Crippen LogP contribution in [0.1, 0.15) is 16.8 Å². The second-order valence-electron chi connectivity index (χ2n) is 6.24. The highest BCUT2D eigenvalue weighted by Crippen LogP contribution is 2.28. The molecule has 1 aliphatic heterocycles. The van der Waals surface area contributed by atoms with E-state index in [1.807, 2.05) is 31.2 Å². The van der Waals surface area contributed by atoms with Gasteiger partial charge in [0.05, 0.1) is 0 Å². The number of hydrogen-bond donors (Lipinski definition) is 2. The van der Waals surface area contributed by atoms with E-state index in [4.69, 9.17) is 0 Å². The fraction of sp³-hybridized carbons (Fsp3) is 0.211. The van der Waals surface area contributed by atoms with Crippen LogP contribution in [-0.2, 0) is 13.0 Å². The SMILES string of the molecule is Cc1ccc(NC(=O)N2CCc3[nH]c4ccc(F)cc4c3C2)cc1. The molecule has 4 rings (SSSR count). The Bertz CT molecular complexity index is 914. The van der Waals surface area contributed by atoms with Crippen LogP contribution < -0.4 is 5.32 Å². The number of amides is 2. The molecule has 2 amide bonds. The minimum atomic E-state index is -0.259. The molecule has 2 N–H and O–H groups in total. The molecule has 0 atom stereocenters. The maximum Gasteiger partial charge on any atom is 0.322 e. The summed E-state index contributed by atoms with van der Waals surface area (Å²) in [7, 11) is 0. The third kappa shape index (κ3) is 2.62. The zero-order chi connectivity index (χ0) is 16.7. The molecule has 0 aliphatic carbocycles. The number of nitrogens with one attached hydrogen (secondary N) is 2. The van der Waals surface area contributed by atoms with Crippen LogP contribution in [-0.4, -0.2) is 22.5 Å². The van der Waals surface area contributed by atoms with Crippen molar-refractivity contribution in [1.82, 2.24) is 9.88 Å². The first-order chi connectivity index (χ1) is 11.6. The number of benzene rings is 2. The Kier molecular flexibility index (Phi) is 3.49. The zero-order valence-electron chi connectivity index (χ0n) is 13.4. The molecule has 2 heterocycles. The van der Waals surface area contributed by atoms with E-state index in [9.17, 15) is 9.18 Å². The van der Waals surface area contributed by atoms with Crippen LogP contribution in [0.2, 0.25) is 0 Å². The molecular weight excluding hydrogens is 305 g/mol. The number of nitrogens with zero attached hydrogens (tertiary/aromatic N) is 1. The number of anilines is 1. The van der Waals surface area contributed by atoms with E-state index >= 15 is 0 Å². The van der Waals surface area contributed by atoms with Crippen molar-refractivity contribution in [3.63, 3.8) is 0 Å². The molecule has 4 nitrogen and oxygen atoms in total. The second kappa shape index (κ2) is 5.67. The van der Waals surface area contributed by atoms with Crippen molar-refractivity contribution in [3.05, 3.63) is 65.1 Å². The first-order valence-electron chi connectivity index (χ1n) is 8.02. The van der Waals surface area contributed by atoms with Gasteiger partial charge in [-0.3, -0.25) is 0 Å². The zero-order valence-corrected chi connectivity index (χ0v) is 13.4. The highest BCUT2D eigenvalue weighted by Gasteiger charge is 2.24. The number of aromatic nitrogens is 1. The van der Waals surface area contributed by atoms with Crippen LogP contribution in [0.4, 0.5) is 14.9 Å². The third-order valence-electron chi connectivity index (χ3n) is 4.53. The number of hydrogen-bond acceptors (Lipinski definition) is 1. The fourth-order valence-corrected chi connectivity index (χ4v) is 3.20. The highest BCUT2D eigenvalue weighted by molar-refractivity contribution is 5.91. The van der Waals surface area contributed by atoms with Gasteiger partial charge >= 0.3 is 6.03 Å². The normalized spacial score (nSPS) is 13.8. The summed E-state index contributed by atoms with van der Waals surface area (Å²) in [6.45, 7) is 3.13. The number of carbonyl (C=O) groups excluding carboxylic acids is 1. The number of aromatic amines is 1. The lowest BCUT2D eigenvalue weighted by Crippen LogP contribution is -2.38. The van der Waals surface area contributed by atoms with E-state index in [0.717, 1.165) is 39.8 Å². The van der Waals surface area contributed by atoms with Gasteiger partial charge in [0, 0.05) is 47.4 Å². The Morgan fingerprint density at radius 1 is 1.21 bits per heavy atom. The minimum absolute atomic E-state index is 0.129. The van der Waals surface area contributed by atoms with Gasteiger partial charge < -0.3 is 15.2 Å². The first kappa shape index (κ1) is 14.8. The Balaban J connectivity index is 1.57. The number of halogens is 1. The molecule has 1 aromatic heterocycles. The van der Waals surface area contributed by atoms with Crippen LogP contribution in [0.5, 0.6) is 0 Å². The molecule has 0 bridgehead atoms. The monoisotopic (exact) mass is 323 g/mol. The van der Waals surface area contributed by atoms with Gasteiger partial charge in [-0.2, -0.15) is 0 Å². The van der Waals surface area contributed by atoms with Crippen molar-refractivity contribution < 1.29 is 9.18 Å². The molecule has 1 aliphatic rings. The lowest BCUT2D eigenvalue weighted by molar-refractivity contribution is 0.206. The Morgan fingerprint density at radius 2 is 2.00 bits per heavy atom.